The molecule has 1 aromatic carbocycles. The number of thioether (sulfide) groups is 1. The molecule has 0 fully saturated rings. The molecule has 0 saturated heterocycles. The smallest absolute Gasteiger partial charge is 0.260 e. The number of carbonyl (C=O) groups is 2. The number of hydrogen-bond acceptors (Lipinski definition) is 7. The topological polar surface area (TPSA) is 96.9 Å². The molecule has 0 spiro atoms. The van der Waals surface area contributed by atoms with Crippen molar-refractivity contribution in [2.75, 3.05) is 16.9 Å². The van der Waals surface area contributed by atoms with Gasteiger partial charge in [-0.25, -0.2) is 15.0 Å². The molecule has 2 amide bonds. The largest absolute Gasteiger partial charge is 0.326 e. The molecule has 122 valence electrons. The van der Waals surface area contributed by atoms with E-state index in [2.05, 4.69) is 25.6 Å². The Bertz CT molecular complexity index is 908. The number of carbonyl (C=O) groups excluding carboxylic acids is 2. The first-order chi connectivity index (χ1) is 11.5. The summed E-state index contributed by atoms with van der Waals surface area (Å²) in [6.07, 6.45) is 4.83. The van der Waals surface area contributed by atoms with Crippen molar-refractivity contribution in [3.63, 3.8) is 0 Å². The molecule has 0 aliphatic rings. The van der Waals surface area contributed by atoms with Crippen LogP contribution in [-0.2, 0) is 4.79 Å². The molecule has 3 rings (SSSR count). The number of benzene rings is 1. The molecule has 0 atom stereocenters. The average Bonchev–Trinajstić information content (AvgIpc) is 2.95. The van der Waals surface area contributed by atoms with Gasteiger partial charge < -0.3 is 5.32 Å². The molecule has 24 heavy (non-hydrogen) atoms. The first-order valence-electron chi connectivity index (χ1n) is 6.91. The maximum absolute atomic E-state index is 12.2. The van der Waals surface area contributed by atoms with Crippen LogP contribution < -0.4 is 10.6 Å². The fourth-order valence-electron chi connectivity index (χ4n) is 1.97. The fraction of sp³-hybridized carbons (Fsp3) is 0.133. The fourth-order valence-corrected chi connectivity index (χ4v) is 3.18. The summed E-state index contributed by atoms with van der Waals surface area (Å²) in [6, 6.07) is 5.38. The Morgan fingerprint density at radius 3 is 2.58 bits per heavy atom. The number of amides is 2. The molecule has 0 unspecified atom stereocenters. The lowest BCUT2D eigenvalue weighted by Crippen LogP contribution is -2.12. The minimum absolute atomic E-state index is 0.138. The molecule has 2 N–H and O–H groups in total. The number of thiazole rings is 1. The number of nitrogens with one attached hydrogen (secondary N) is 2. The molecule has 0 saturated carbocycles. The van der Waals surface area contributed by atoms with E-state index in [0.29, 0.717) is 21.5 Å². The van der Waals surface area contributed by atoms with Crippen LogP contribution in [0, 0.1) is 0 Å². The molecule has 0 radical (unpaired) electrons. The van der Waals surface area contributed by atoms with Crippen LogP contribution in [0.1, 0.15) is 17.3 Å². The Hall–Kier alpha value is -2.52. The van der Waals surface area contributed by atoms with Gasteiger partial charge in [0.25, 0.3) is 5.91 Å². The predicted octanol–water partition coefficient (Wildman–Crippen LogP) is 3.02. The van der Waals surface area contributed by atoms with Crippen molar-refractivity contribution in [1.82, 2.24) is 15.0 Å². The van der Waals surface area contributed by atoms with Crippen LogP contribution >= 0.6 is 23.1 Å². The monoisotopic (exact) mass is 359 g/mol. The highest BCUT2D eigenvalue weighted by molar-refractivity contribution is 7.98. The lowest BCUT2D eigenvalue weighted by atomic mass is 10.3. The number of anilines is 2. The van der Waals surface area contributed by atoms with E-state index < -0.39 is 0 Å². The van der Waals surface area contributed by atoms with Crippen molar-refractivity contribution in [3.05, 3.63) is 36.2 Å². The first-order valence-corrected chi connectivity index (χ1v) is 8.95. The highest BCUT2D eigenvalue weighted by atomic mass is 32.2. The van der Waals surface area contributed by atoms with E-state index in [1.807, 2.05) is 12.3 Å². The van der Waals surface area contributed by atoms with Crippen LogP contribution in [0.25, 0.3) is 10.2 Å². The molecule has 3 aromatic rings. The molecular weight excluding hydrogens is 346 g/mol. The highest BCUT2D eigenvalue weighted by Crippen LogP contribution is 2.28. The van der Waals surface area contributed by atoms with Crippen LogP contribution in [0.5, 0.6) is 0 Å². The molecule has 9 heteroatoms. The predicted molar refractivity (Wildman–Crippen MR) is 95.7 cm³/mol. The van der Waals surface area contributed by atoms with E-state index in [9.17, 15) is 9.59 Å². The van der Waals surface area contributed by atoms with E-state index in [1.54, 1.807) is 12.1 Å². The van der Waals surface area contributed by atoms with Gasteiger partial charge in [0.1, 0.15) is 0 Å². The third-order valence-electron chi connectivity index (χ3n) is 3.00. The number of aromatic nitrogens is 3. The first kappa shape index (κ1) is 16.3. The van der Waals surface area contributed by atoms with Crippen LogP contribution in [0.15, 0.2) is 35.7 Å². The summed E-state index contributed by atoms with van der Waals surface area (Å²) < 4.78 is 0.866. The van der Waals surface area contributed by atoms with Crippen LogP contribution in [0.2, 0.25) is 0 Å². The number of hydrogen-bond donors (Lipinski definition) is 2. The lowest BCUT2D eigenvalue weighted by molar-refractivity contribution is -0.114. The van der Waals surface area contributed by atoms with E-state index in [-0.39, 0.29) is 11.8 Å². The second-order valence-corrected chi connectivity index (χ2v) is 6.60. The Balaban J connectivity index is 1.78. The van der Waals surface area contributed by atoms with Gasteiger partial charge in [0.05, 0.1) is 15.8 Å². The summed E-state index contributed by atoms with van der Waals surface area (Å²) in [4.78, 5) is 35.8. The van der Waals surface area contributed by atoms with Gasteiger partial charge in [0.15, 0.2) is 10.3 Å². The van der Waals surface area contributed by atoms with Gasteiger partial charge in [0.2, 0.25) is 5.91 Å². The zero-order valence-electron chi connectivity index (χ0n) is 12.9. The van der Waals surface area contributed by atoms with Gasteiger partial charge in [-0.05, 0) is 24.5 Å². The Labute approximate surface area is 145 Å². The summed E-state index contributed by atoms with van der Waals surface area (Å²) in [6.45, 7) is 1.45. The number of rotatable bonds is 4. The SMILES string of the molecule is CSc1ncc(C(=O)Nc2nc3ccc(NC(C)=O)cc3s2)cn1. The maximum Gasteiger partial charge on any atom is 0.260 e. The number of nitrogens with zero attached hydrogens (tertiary/aromatic N) is 3. The van der Waals surface area contributed by atoms with Gasteiger partial charge in [0, 0.05) is 25.0 Å². The summed E-state index contributed by atoms with van der Waals surface area (Å²) in [5, 5.41) is 6.54. The quantitative estimate of drug-likeness (QED) is 0.549. The Morgan fingerprint density at radius 2 is 1.92 bits per heavy atom. The molecule has 2 heterocycles. The van der Waals surface area contributed by atoms with Crippen molar-refractivity contribution >= 4 is 55.9 Å². The summed E-state index contributed by atoms with van der Waals surface area (Å²) in [5.41, 5.74) is 1.81. The Morgan fingerprint density at radius 1 is 1.17 bits per heavy atom. The summed E-state index contributed by atoms with van der Waals surface area (Å²) in [5.74, 6) is -0.454. The number of fused-ring (bicyclic) bond motifs is 1. The van der Waals surface area contributed by atoms with Gasteiger partial charge >= 0.3 is 0 Å². The second kappa shape index (κ2) is 6.93. The third-order valence-corrected chi connectivity index (χ3v) is 4.51. The molecule has 0 aliphatic carbocycles. The minimum Gasteiger partial charge on any atom is -0.326 e. The second-order valence-electron chi connectivity index (χ2n) is 4.80. The van der Waals surface area contributed by atoms with Gasteiger partial charge in [-0.15, -0.1) is 0 Å². The van der Waals surface area contributed by atoms with Crippen LogP contribution in [-0.4, -0.2) is 33.0 Å². The van der Waals surface area contributed by atoms with E-state index in [1.165, 1.54) is 42.4 Å². The van der Waals surface area contributed by atoms with Crippen molar-refractivity contribution in [1.29, 1.82) is 0 Å². The average molecular weight is 359 g/mol. The van der Waals surface area contributed by atoms with Gasteiger partial charge in [-0.1, -0.05) is 23.1 Å². The van der Waals surface area contributed by atoms with Crippen molar-refractivity contribution < 1.29 is 9.59 Å². The van der Waals surface area contributed by atoms with E-state index in [4.69, 9.17) is 0 Å². The molecule has 0 aliphatic heterocycles. The standard InChI is InChI=1S/C15H13N5O2S2/c1-8(21)18-10-3-4-11-12(5-10)24-15(19-11)20-13(22)9-6-16-14(23-2)17-7-9/h3-7H,1-2H3,(H,18,21)(H,19,20,22). The molecular formula is C15H13N5O2S2. The zero-order chi connectivity index (χ0) is 17.1. The maximum atomic E-state index is 12.2. The van der Waals surface area contributed by atoms with Crippen LogP contribution in [0.4, 0.5) is 10.8 Å². The van der Waals surface area contributed by atoms with Crippen molar-refractivity contribution in [2.45, 2.75) is 12.1 Å². The van der Waals surface area contributed by atoms with Gasteiger partial charge in [-0.2, -0.15) is 0 Å². The third kappa shape index (κ3) is 3.69. The normalized spacial score (nSPS) is 10.6. The van der Waals surface area contributed by atoms with E-state index >= 15 is 0 Å². The zero-order valence-corrected chi connectivity index (χ0v) is 14.5. The molecule has 7 nitrogen and oxygen atoms in total. The molecule has 0 bridgehead atoms. The van der Waals surface area contributed by atoms with E-state index in [0.717, 1.165) is 10.2 Å². The Kier molecular flexibility index (Phi) is 4.72. The van der Waals surface area contributed by atoms with Crippen molar-refractivity contribution in [2.24, 2.45) is 0 Å². The lowest BCUT2D eigenvalue weighted by Gasteiger charge is -2.01. The van der Waals surface area contributed by atoms with Crippen LogP contribution in [0.3, 0.4) is 0 Å². The molecule has 2 aromatic heterocycles. The van der Waals surface area contributed by atoms with Crippen molar-refractivity contribution in [3.8, 4) is 0 Å². The summed E-state index contributed by atoms with van der Waals surface area (Å²) >= 11 is 2.74. The highest BCUT2D eigenvalue weighted by Gasteiger charge is 2.11. The summed E-state index contributed by atoms with van der Waals surface area (Å²) in [7, 11) is 0. The minimum atomic E-state index is -0.316. The van der Waals surface area contributed by atoms with Gasteiger partial charge in [-0.3, -0.25) is 14.9 Å².